The molecule has 1 fully saturated rings. The Morgan fingerprint density at radius 2 is 1.79 bits per heavy atom. The minimum absolute atomic E-state index is 0.196. The Labute approximate surface area is 115 Å². The van der Waals surface area contributed by atoms with Crippen molar-refractivity contribution in [2.24, 2.45) is 17.8 Å². The fraction of sp³-hybridized carbons (Fsp3) is 0.625. The summed E-state index contributed by atoms with van der Waals surface area (Å²) in [5, 5.41) is 19.6. The fourth-order valence-electron chi connectivity index (χ4n) is 3.30. The maximum atomic E-state index is 10.3. The van der Waals surface area contributed by atoms with Crippen LogP contribution in [0.3, 0.4) is 0 Å². The van der Waals surface area contributed by atoms with E-state index in [1.165, 1.54) is 6.42 Å². The van der Waals surface area contributed by atoms with Crippen LogP contribution in [0.1, 0.15) is 26.7 Å². The first-order chi connectivity index (χ1) is 8.97. The van der Waals surface area contributed by atoms with Crippen LogP contribution in [-0.4, -0.2) is 29.9 Å². The third-order valence-corrected chi connectivity index (χ3v) is 4.42. The maximum absolute atomic E-state index is 10.3. The van der Waals surface area contributed by atoms with Gasteiger partial charge in [-0.2, -0.15) is 0 Å². The summed E-state index contributed by atoms with van der Waals surface area (Å²) < 4.78 is 0. The molecule has 2 N–H and O–H groups in total. The molecule has 0 aliphatic heterocycles. The minimum atomic E-state index is -0.196. The van der Waals surface area contributed by atoms with Crippen molar-refractivity contribution in [3.05, 3.63) is 24.3 Å². The molecule has 1 aromatic rings. The highest BCUT2D eigenvalue weighted by Gasteiger charge is 2.33. The number of aliphatic hydroxyl groups is 1. The van der Waals surface area contributed by atoms with Crippen molar-refractivity contribution in [3.8, 4) is 5.75 Å². The van der Waals surface area contributed by atoms with Gasteiger partial charge in [-0.3, -0.25) is 0 Å². The lowest BCUT2D eigenvalue weighted by molar-refractivity contribution is 0.0205. The van der Waals surface area contributed by atoms with Crippen molar-refractivity contribution in [3.63, 3.8) is 0 Å². The van der Waals surface area contributed by atoms with Crippen LogP contribution in [0, 0.1) is 17.8 Å². The van der Waals surface area contributed by atoms with Crippen molar-refractivity contribution in [2.75, 3.05) is 18.5 Å². The van der Waals surface area contributed by atoms with Crippen molar-refractivity contribution >= 4 is 5.69 Å². The van der Waals surface area contributed by atoms with Crippen molar-refractivity contribution in [2.45, 2.75) is 32.8 Å². The van der Waals surface area contributed by atoms with Crippen molar-refractivity contribution in [1.82, 2.24) is 0 Å². The molecule has 0 radical (unpaired) electrons. The molecule has 0 heterocycles. The maximum Gasteiger partial charge on any atom is 0.115 e. The van der Waals surface area contributed by atoms with Gasteiger partial charge in [-0.15, -0.1) is 0 Å². The summed E-state index contributed by atoms with van der Waals surface area (Å²) in [6.45, 7) is 5.33. The average Bonchev–Trinajstić information content (AvgIpc) is 2.34. The first-order valence-electron chi connectivity index (χ1n) is 7.15. The van der Waals surface area contributed by atoms with Gasteiger partial charge in [0.05, 0.1) is 6.10 Å². The van der Waals surface area contributed by atoms with Gasteiger partial charge < -0.3 is 15.1 Å². The second-order valence-corrected chi connectivity index (χ2v) is 6.18. The van der Waals surface area contributed by atoms with Crippen LogP contribution in [0.25, 0.3) is 0 Å². The molecular formula is C16H25NO2. The van der Waals surface area contributed by atoms with Gasteiger partial charge in [-0.25, -0.2) is 0 Å². The van der Waals surface area contributed by atoms with Crippen LogP contribution < -0.4 is 4.90 Å². The fourth-order valence-corrected chi connectivity index (χ4v) is 3.30. The van der Waals surface area contributed by atoms with Gasteiger partial charge in [0, 0.05) is 25.2 Å². The van der Waals surface area contributed by atoms with Gasteiger partial charge >= 0.3 is 0 Å². The Hall–Kier alpha value is -1.22. The van der Waals surface area contributed by atoms with Gasteiger partial charge in [-0.1, -0.05) is 13.8 Å². The van der Waals surface area contributed by atoms with Crippen molar-refractivity contribution in [1.29, 1.82) is 0 Å². The number of aromatic hydroxyl groups is 1. The number of hydrogen-bond acceptors (Lipinski definition) is 3. The molecule has 0 amide bonds. The smallest absolute Gasteiger partial charge is 0.115 e. The lowest BCUT2D eigenvalue weighted by atomic mass is 9.73. The standard InChI is InChI=1S/C16H25NO2/c1-11-8-12(2)15(16(19)9-11)10-17(3)13-4-6-14(18)7-5-13/h4-7,11-12,15-16,18-19H,8-10H2,1-3H3. The summed E-state index contributed by atoms with van der Waals surface area (Å²) in [6.07, 6.45) is 1.92. The molecule has 1 aliphatic carbocycles. The van der Waals surface area contributed by atoms with E-state index in [9.17, 15) is 10.2 Å². The van der Waals surface area contributed by atoms with E-state index in [0.29, 0.717) is 17.8 Å². The second-order valence-electron chi connectivity index (χ2n) is 6.18. The Kier molecular flexibility index (Phi) is 4.35. The lowest BCUT2D eigenvalue weighted by Crippen LogP contribution is -2.41. The van der Waals surface area contributed by atoms with Gasteiger partial charge in [0.2, 0.25) is 0 Å². The predicted octanol–water partition coefficient (Wildman–Crippen LogP) is 2.87. The van der Waals surface area contributed by atoms with Gasteiger partial charge in [0.1, 0.15) is 5.75 Å². The molecule has 3 heteroatoms. The molecule has 2 rings (SSSR count). The van der Waals surface area contributed by atoms with Gasteiger partial charge in [0.25, 0.3) is 0 Å². The van der Waals surface area contributed by atoms with E-state index in [1.807, 2.05) is 19.2 Å². The zero-order valence-corrected chi connectivity index (χ0v) is 12.1. The number of anilines is 1. The highest BCUT2D eigenvalue weighted by molar-refractivity contribution is 5.48. The van der Waals surface area contributed by atoms with Crippen LogP contribution in [0.15, 0.2) is 24.3 Å². The molecule has 3 nitrogen and oxygen atoms in total. The summed E-state index contributed by atoms with van der Waals surface area (Å²) in [4.78, 5) is 2.17. The third-order valence-electron chi connectivity index (χ3n) is 4.42. The Bertz CT molecular complexity index is 392. The first-order valence-corrected chi connectivity index (χ1v) is 7.15. The quantitative estimate of drug-likeness (QED) is 0.881. The van der Waals surface area contributed by atoms with Crippen LogP contribution in [0.5, 0.6) is 5.75 Å². The molecular weight excluding hydrogens is 238 g/mol. The summed E-state index contributed by atoms with van der Waals surface area (Å²) in [5.74, 6) is 1.80. The van der Waals surface area contributed by atoms with E-state index >= 15 is 0 Å². The predicted molar refractivity (Wildman–Crippen MR) is 78.4 cm³/mol. The molecule has 0 spiro atoms. The molecule has 106 valence electrons. The number of phenols is 1. The number of nitrogens with zero attached hydrogens (tertiary/aromatic N) is 1. The topological polar surface area (TPSA) is 43.7 Å². The van der Waals surface area contributed by atoms with Gasteiger partial charge in [-0.05, 0) is 48.9 Å². The third kappa shape index (κ3) is 3.41. The van der Waals surface area contributed by atoms with E-state index in [1.54, 1.807) is 12.1 Å². The summed E-state index contributed by atoms with van der Waals surface area (Å²) in [6, 6.07) is 7.24. The zero-order chi connectivity index (χ0) is 14.0. The monoisotopic (exact) mass is 263 g/mol. The molecule has 1 saturated carbocycles. The van der Waals surface area contributed by atoms with E-state index in [-0.39, 0.29) is 11.9 Å². The number of phenolic OH excluding ortho intramolecular Hbond substituents is 1. The van der Waals surface area contributed by atoms with Gasteiger partial charge in [0.15, 0.2) is 0 Å². The molecule has 0 saturated heterocycles. The lowest BCUT2D eigenvalue weighted by Gasteiger charge is -2.39. The Morgan fingerprint density at radius 1 is 1.16 bits per heavy atom. The Morgan fingerprint density at radius 3 is 2.37 bits per heavy atom. The minimum Gasteiger partial charge on any atom is -0.508 e. The second kappa shape index (κ2) is 5.83. The van der Waals surface area contributed by atoms with Crippen LogP contribution in [-0.2, 0) is 0 Å². The number of hydrogen-bond donors (Lipinski definition) is 2. The molecule has 4 unspecified atom stereocenters. The average molecular weight is 263 g/mol. The van der Waals surface area contributed by atoms with E-state index in [2.05, 4.69) is 18.7 Å². The number of benzene rings is 1. The molecule has 1 aliphatic rings. The number of rotatable bonds is 3. The highest BCUT2D eigenvalue weighted by atomic mass is 16.3. The number of aliphatic hydroxyl groups excluding tert-OH is 1. The first kappa shape index (κ1) is 14.2. The molecule has 4 atom stereocenters. The van der Waals surface area contributed by atoms with Crippen LogP contribution >= 0.6 is 0 Å². The van der Waals surface area contributed by atoms with Crippen LogP contribution in [0.2, 0.25) is 0 Å². The summed E-state index contributed by atoms with van der Waals surface area (Å²) >= 11 is 0. The normalized spacial score (nSPS) is 31.2. The molecule has 0 aromatic heterocycles. The van der Waals surface area contributed by atoms with Crippen LogP contribution in [0.4, 0.5) is 5.69 Å². The summed E-state index contributed by atoms with van der Waals surface area (Å²) in [7, 11) is 2.05. The zero-order valence-electron chi connectivity index (χ0n) is 12.1. The van der Waals surface area contributed by atoms with Crippen molar-refractivity contribution < 1.29 is 10.2 Å². The molecule has 19 heavy (non-hydrogen) atoms. The van der Waals surface area contributed by atoms with E-state index in [4.69, 9.17) is 0 Å². The van der Waals surface area contributed by atoms with E-state index < -0.39 is 0 Å². The SMILES string of the molecule is CC1CC(C)C(CN(C)c2ccc(O)cc2)C(O)C1. The summed E-state index contributed by atoms with van der Waals surface area (Å²) in [5.41, 5.74) is 1.08. The highest BCUT2D eigenvalue weighted by Crippen LogP contribution is 2.34. The molecule has 1 aromatic carbocycles. The largest absolute Gasteiger partial charge is 0.508 e. The van der Waals surface area contributed by atoms with E-state index in [0.717, 1.165) is 18.7 Å². The Balaban J connectivity index is 2.01. The molecule has 0 bridgehead atoms.